The molecule has 13 heteroatoms. The Kier molecular flexibility index (Phi) is 7.37. The summed E-state index contributed by atoms with van der Waals surface area (Å²) in [6.07, 6.45) is -4.80. The van der Waals surface area contributed by atoms with Crippen LogP contribution < -0.4 is 31.2 Å². The van der Waals surface area contributed by atoms with Crippen LogP contribution >= 0.6 is 0 Å². The summed E-state index contributed by atoms with van der Waals surface area (Å²) in [6, 6.07) is 17.6. The van der Waals surface area contributed by atoms with Gasteiger partial charge < -0.3 is 31.2 Å². The molecule has 0 saturated carbocycles. The van der Waals surface area contributed by atoms with Crippen molar-refractivity contribution in [1.82, 2.24) is 10.2 Å². The monoisotopic (exact) mass is 526 g/mol. The molecule has 0 aliphatic heterocycles. The number of rotatable bonds is 8. The lowest BCUT2D eigenvalue weighted by atomic mass is 10.1. The number of methoxy groups -OCH3 is 1. The van der Waals surface area contributed by atoms with Gasteiger partial charge in [0.15, 0.2) is 5.82 Å². The zero-order valence-electron chi connectivity index (χ0n) is 19.7. The lowest BCUT2D eigenvalue weighted by Crippen LogP contribution is -2.19. The van der Waals surface area contributed by atoms with Gasteiger partial charge in [0.1, 0.15) is 17.1 Å². The van der Waals surface area contributed by atoms with Crippen LogP contribution in [0.2, 0.25) is 0 Å². The topological polar surface area (TPSA) is 143 Å². The van der Waals surface area contributed by atoms with E-state index in [1.807, 2.05) is 0 Å². The van der Waals surface area contributed by atoms with Crippen LogP contribution in [0.25, 0.3) is 11.3 Å². The number of amides is 3. The molecular weight excluding hydrogens is 505 g/mol. The first-order chi connectivity index (χ1) is 18.1. The number of anilines is 4. The highest BCUT2D eigenvalue weighted by atomic mass is 19.4. The van der Waals surface area contributed by atoms with E-state index in [9.17, 15) is 22.8 Å². The SMILES string of the molecule is COc1cccc(Nc2n[nH]c(-c3ccc(NC(=O)Nc4ccc(OC(F)(F)F)cc4)cc3)c2C(N)=O)c1. The number of carbonyl (C=O) groups is 2. The molecule has 0 radical (unpaired) electrons. The first-order valence-corrected chi connectivity index (χ1v) is 10.9. The molecule has 1 aromatic heterocycles. The third kappa shape index (κ3) is 6.51. The number of aromatic nitrogens is 2. The first kappa shape index (κ1) is 25.9. The van der Waals surface area contributed by atoms with Crippen molar-refractivity contribution in [2.24, 2.45) is 5.73 Å². The van der Waals surface area contributed by atoms with Crippen molar-refractivity contribution in [1.29, 1.82) is 0 Å². The minimum absolute atomic E-state index is 0.143. The molecule has 6 N–H and O–H groups in total. The van der Waals surface area contributed by atoms with Crippen molar-refractivity contribution < 1.29 is 32.2 Å². The van der Waals surface area contributed by atoms with Crippen LogP contribution in [0.5, 0.6) is 11.5 Å². The molecular formula is C25H21F3N6O4. The second-order valence-electron chi connectivity index (χ2n) is 7.77. The third-order valence-electron chi connectivity index (χ3n) is 5.12. The predicted molar refractivity (Wildman–Crippen MR) is 135 cm³/mol. The second-order valence-corrected chi connectivity index (χ2v) is 7.77. The van der Waals surface area contributed by atoms with Gasteiger partial charge in [-0.3, -0.25) is 9.89 Å². The summed E-state index contributed by atoms with van der Waals surface area (Å²) in [7, 11) is 1.54. The van der Waals surface area contributed by atoms with Gasteiger partial charge in [0.05, 0.1) is 12.8 Å². The van der Waals surface area contributed by atoms with Gasteiger partial charge in [0, 0.05) is 28.7 Å². The van der Waals surface area contributed by atoms with Crippen LogP contribution in [0, 0.1) is 0 Å². The first-order valence-electron chi connectivity index (χ1n) is 10.9. The van der Waals surface area contributed by atoms with E-state index in [1.54, 1.807) is 48.5 Å². The van der Waals surface area contributed by atoms with Crippen LogP contribution in [0.1, 0.15) is 10.4 Å². The summed E-state index contributed by atoms with van der Waals surface area (Å²) >= 11 is 0. The minimum atomic E-state index is -4.80. The molecule has 4 rings (SSSR count). The Hall–Kier alpha value is -5.20. The van der Waals surface area contributed by atoms with Crippen molar-refractivity contribution in [2.75, 3.05) is 23.1 Å². The number of primary amides is 1. The maximum Gasteiger partial charge on any atom is 0.573 e. The maximum atomic E-state index is 12.3. The number of hydrogen-bond donors (Lipinski definition) is 5. The summed E-state index contributed by atoms with van der Waals surface area (Å²) in [4.78, 5) is 24.5. The molecule has 0 atom stereocenters. The summed E-state index contributed by atoms with van der Waals surface area (Å²) in [5.74, 6) is -0.262. The fourth-order valence-electron chi connectivity index (χ4n) is 3.47. The summed E-state index contributed by atoms with van der Waals surface area (Å²) < 4.78 is 45.8. The van der Waals surface area contributed by atoms with Gasteiger partial charge in [-0.2, -0.15) is 5.10 Å². The Labute approximate surface area is 213 Å². The zero-order chi connectivity index (χ0) is 27.3. The lowest BCUT2D eigenvalue weighted by Gasteiger charge is -2.11. The highest BCUT2D eigenvalue weighted by molar-refractivity contribution is 6.04. The van der Waals surface area contributed by atoms with E-state index in [0.717, 1.165) is 12.1 Å². The van der Waals surface area contributed by atoms with Crippen LogP contribution in [0.15, 0.2) is 72.8 Å². The molecule has 10 nitrogen and oxygen atoms in total. The molecule has 0 saturated heterocycles. The number of aromatic amines is 1. The van der Waals surface area contributed by atoms with E-state index in [2.05, 4.69) is 30.9 Å². The normalized spacial score (nSPS) is 10.9. The van der Waals surface area contributed by atoms with Crippen LogP contribution in [-0.4, -0.2) is 35.6 Å². The highest BCUT2D eigenvalue weighted by Gasteiger charge is 2.31. The molecule has 0 spiro atoms. The molecule has 0 aliphatic carbocycles. The highest BCUT2D eigenvalue weighted by Crippen LogP contribution is 2.30. The van der Waals surface area contributed by atoms with E-state index in [-0.39, 0.29) is 17.1 Å². The largest absolute Gasteiger partial charge is 0.573 e. The molecule has 1 heterocycles. The molecule has 3 aromatic carbocycles. The molecule has 38 heavy (non-hydrogen) atoms. The Bertz CT molecular complexity index is 1440. The van der Waals surface area contributed by atoms with Crippen LogP contribution in [-0.2, 0) is 0 Å². The molecule has 0 unspecified atom stereocenters. The second kappa shape index (κ2) is 10.8. The fourth-order valence-corrected chi connectivity index (χ4v) is 3.47. The number of nitrogens with two attached hydrogens (primary N) is 1. The predicted octanol–water partition coefficient (Wildman–Crippen LogP) is 5.47. The summed E-state index contributed by atoms with van der Waals surface area (Å²) in [6.45, 7) is 0. The average Bonchev–Trinajstić information content (AvgIpc) is 3.28. The number of urea groups is 1. The number of carbonyl (C=O) groups excluding carboxylic acids is 2. The van der Waals surface area contributed by atoms with Gasteiger partial charge >= 0.3 is 12.4 Å². The molecule has 0 aliphatic rings. The van der Waals surface area contributed by atoms with Crippen molar-refractivity contribution in [3.8, 4) is 22.8 Å². The number of nitrogens with one attached hydrogen (secondary N) is 4. The number of halogens is 3. The van der Waals surface area contributed by atoms with Crippen LogP contribution in [0.3, 0.4) is 0 Å². The van der Waals surface area contributed by atoms with Gasteiger partial charge in [-0.1, -0.05) is 18.2 Å². The standard InChI is InChI=1S/C25H21F3N6O4/c1-37-19-4-2-3-17(13-19)30-23-20(22(29)35)21(33-34-23)14-5-7-15(8-6-14)31-24(36)32-16-9-11-18(12-10-16)38-25(26,27)28/h2-13H,1H3,(H2,29,35)(H2,30,33,34)(H2,31,32,36). The van der Waals surface area contributed by atoms with E-state index in [4.69, 9.17) is 10.5 Å². The molecule has 3 amide bonds. The molecule has 4 aromatic rings. The molecule has 0 fully saturated rings. The van der Waals surface area contributed by atoms with E-state index < -0.39 is 24.1 Å². The Morgan fingerprint density at radius 3 is 2.11 bits per heavy atom. The van der Waals surface area contributed by atoms with Crippen molar-refractivity contribution in [3.63, 3.8) is 0 Å². The van der Waals surface area contributed by atoms with Gasteiger partial charge in [-0.05, 0) is 48.5 Å². The van der Waals surface area contributed by atoms with E-state index >= 15 is 0 Å². The van der Waals surface area contributed by atoms with E-state index in [0.29, 0.717) is 28.4 Å². The maximum absolute atomic E-state index is 12.3. The molecule has 0 bridgehead atoms. The van der Waals surface area contributed by atoms with Crippen molar-refractivity contribution >= 4 is 34.8 Å². The Morgan fingerprint density at radius 2 is 1.53 bits per heavy atom. The quantitative estimate of drug-likeness (QED) is 0.206. The Balaban J connectivity index is 1.43. The third-order valence-corrected chi connectivity index (χ3v) is 5.12. The average molecular weight is 526 g/mol. The summed E-state index contributed by atoms with van der Waals surface area (Å²) in [5.41, 5.74) is 8.03. The number of H-pyrrole nitrogens is 1. The lowest BCUT2D eigenvalue weighted by molar-refractivity contribution is -0.274. The zero-order valence-corrected chi connectivity index (χ0v) is 19.7. The van der Waals surface area contributed by atoms with Crippen LogP contribution in [0.4, 0.5) is 40.8 Å². The number of benzene rings is 3. The van der Waals surface area contributed by atoms with Gasteiger partial charge in [-0.15, -0.1) is 13.2 Å². The summed E-state index contributed by atoms with van der Waals surface area (Å²) in [5, 5.41) is 15.1. The fraction of sp³-hybridized carbons (Fsp3) is 0.0800. The Morgan fingerprint density at radius 1 is 0.895 bits per heavy atom. The minimum Gasteiger partial charge on any atom is -0.497 e. The van der Waals surface area contributed by atoms with Gasteiger partial charge in [0.25, 0.3) is 5.91 Å². The smallest absolute Gasteiger partial charge is 0.497 e. The van der Waals surface area contributed by atoms with Gasteiger partial charge in [0.2, 0.25) is 0 Å². The number of ether oxygens (including phenoxy) is 2. The molecule has 196 valence electrons. The van der Waals surface area contributed by atoms with Crippen molar-refractivity contribution in [3.05, 3.63) is 78.4 Å². The van der Waals surface area contributed by atoms with E-state index in [1.165, 1.54) is 19.2 Å². The number of hydrogen-bond acceptors (Lipinski definition) is 6. The number of alkyl halides is 3. The van der Waals surface area contributed by atoms with Gasteiger partial charge in [-0.25, -0.2) is 4.79 Å². The van der Waals surface area contributed by atoms with Crippen molar-refractivity contribution in [2.45, 2.75) is 6.36 Å². The number of nitrogens with zero attached hydrogens (tertiary/aromatic N) is 1.